The largest absolute Gasteiger partial charge is 0.481 e. The Morgan fingerprint density at radius 2 is 2.00 bits per heavy atom. The predicted molar refractivity (Wildman–Crippen MR) is 81.2 cm³/mol. The van der Waals surface area contributed by atoms with E-state index in [1.54, 1.807) is 24.3 Å². The molecule has 130 valence electrons. The van der Waals surface area contributed by atoms with Gasteiger partial charge in [-0.15, -0.1) is 0 Å². The molecular formula is C17H19F3N2O2. The van der Waals surface area contributed by atoms with Crippen LogP contribution in [0.25, 0.3) is 0 Å². The van der Waals surface area contributed by atoms with Crippen LogP contribution in [0, 0.1) is 17.2 Å². The molecule has 0 bridgehead atoms. The molecule has 1 N–H and O–H groups in total. The molecule has 1 amide bonds. The third-order valence-corrected chi connectivity index (χ3v) is 4.15. The van der Waals surface area contributed by atoms with E-state index >= 15 is 0 Å². The Bertz CT molecular complexity index is 608. The number of carbonyl (C=O) groups excluding carboxylic acids is 1. The minimum atomic E-state index is -4.21. The first-order chi connectivity index (χ1) is 11.3. The number of rotatable bonds is 4. The summed E-state index contributed by atoms with van der Waals surface area (Å²) in [5.74, 6) is -1.37. The second kappa shape index (κ2) is 7.56. The number of hydrogen-bond donors (Lipinski definition) is 1. The zero-order chi connectivity index (χ0) is 17.7. The number of amides is 1. The van der Waals surface area contributed by atoms with Crippen LogP contribution in [0.3, 0.4) is 0 Å². The van der Waals surface area contributed by atoms with Crippen LogP contribution in [-0.2, 0) is 4.79 Å². The first-order valence-corrected chi connectivity index (χ1v) is 7.83. The quantitative estimate of drug-likeness (QED) is 0.911. The molecule has 0 aliphatic heterocycles. The summed E-state index contributed by atoms with van der Waals surface area (Å²) in [4.78, 5) is 12.1. The van der Waals surface area contributed by atoms with Crippen LogP contribution in [0.2, 0.25) is 0 Å². The van der Waals surface area contributed by atoms with Gasteiger partial charge < -0.3 is 10.1 Å². The second-order valence-corrected chi connectivity index (χ2v) is 6.01. The molecule has 0 radical (unpaired) electrons. The van der Waals surface area contributed by atoms with Gasteiger partial charge in [-0.3, -0.25) is 4.79 Å². The van der Waals surface area contributed by atoms with E-state index in [1.807, 2.05) is 6.07 Å². The standard InChI is InChI=1S/C17H19F3N2O2/c1-11(24-15-7-5-12(10-21)6-8-15)16(23)22-14-4-2-3-13(9-14)17(18,19)20/h5-8,11,13-14H,2-4,9H2,1H3,(H,22,23). The Hall–Kier alpha value is -2.23. The summed E-state index contributed by atoms with van der Waals surface area (Å²) >= 11 is 0. The van der Waals surface area contributed by atoms with Crippen LogP contribution in [0.1, 0.15) is 38.2 Å². The van der Waals surface area contributed by atoms with Gasteiger partial charge in [-0.1, -0.05) is 6.42 Å². The van der Waals surface area contributed by atoms with Gasteiger partial charge in [0.15, 0.2) is 6.10 Å². The Morgan fingerprint density at radius 3 is 2.58 bits per heavy atom. The minimum Gasteiger partial charge on any atom is -0.481 e. The third kappa shape index (κ3) is 4.88. The number of nitriles is 1. The van der Waals surface area contributed by atoms with Crippen molar-refractivity contribution in [2.75, 3.05) is 0 Å². The maximum absolute atomic E-state index is 12.8. The lowest BCUT2D eigenvalue weighted by Crippen LogP contribution is -2.46. The Balaban J connectivity index is 1.87. The Morgan fingerprint density at radius 1 is 1.33 bits per heavy atom. The van der Waals surface area contributed by atoms with Crippen molar-refractivity contribution in [1.82, 2.24) is 5.32 Å². The van der Waals surface area contributed by atoms with Crippen molar-refractivity contribution in [2.45, 2.75) is 50.9 Å². The smallest absolute Gasteiger partial charge is 0.391 e. The number of carbonyl (C=O) groups is 1. The third-order valence-electron chi connectivity index (χ3n) is 4.15. The summed E-state index contributed by atoms with van der Waals surface area (Å²) in [6.07, 6.45) is -4.02. The fraction of sp³-hybridized carbons (Fsp3) is 0.529. The first kappa shape index (κ1) is 18.1. The number of halogens is 3. The maximum Gasteiger partial charge on any atom is 0.391 e. The van der Waals surface area contributed by atoms with Gasteiger partial charge in [-0.25, -0.2) is 0 Å². The van der Waals surface area contributed by atoms with Crippen LogP contribution in [-0.4, -0.2) is 24.2 Å². The summed E-state index contributed by atoms with van der Waals surface area (Å²) < 4.78 is 43.9. The highest BCUT2D eigenvalue weighted by atomic mass is 19.4. The fourth-order valence-corrected chi connectivity index (χ4v) is 2.80. The Labute approximate surface area is 138 Å². The summed E-state index contributed by atoms with van der Waals surface area (Å²) in [6.45, 7) is 1.54. The number of ether oxygens (including phenoxy) is 1. The van der Waals surface area contributed by atoms with E-state index in [4.69, 9.17) is 10.00 Å². The van der Waals surface area contributed by atoms with Gasteiger partial charge in [-0.2, -0.15) is 18.4 Å². The molecule has 24 heavy (non-hydrogen) atoms. The van der Waals surface area contributed by atoms with Crippen LogP contribution in [0.5, 0.6) is 5.75 Å². The van der Waals surface area contributed by atoms with Crippen molar-refractivity contribution in [1.29, 1.82) is 5.26 Å². The van der Waals surface area contributed by atoms with Crippen LogP contribution < -0.4 is 10.1 Å². The van der Waals surface area contributed by atoms with Crippen molar-refractivity contribution in [3.05, 3.63) is 29.8 Å². The molecule has 0 saturated heterocycles. The molecule has 2 rings (SSSR count). The average Bonchev–Trinajstić information content (AvgIpc) is 2.55. The van der Waals surface area contributed by atoms with E-state index in [9.17, 15) is 18.0 Å². The zero-order valence-corrected chi connectivity index (χ0v) is 13.3. The SMILES string of the molecule is CC(Oc1ccc(C#N)cc1)C(=O)NC1CCCC(C(F)(F)F)C1. The van der Waals surface area contributed by atoms with Gasteiger partial charge in [0, 0.05) is 6.04 Å². The lowest BCUT2D eigenvalue weighted by Gasteiger charge is -2.31. The molecule has 4 nitrogen and oxygen atoms in total. The van der Waals surface area contributed by atoms with Crippen molar-refractivity contribution < 1.29 is 22.7 Å². The molecule has 3 unspecified atom stereocenters. The summed E-state index contributed by atoms with van der Waals surface area (Å²) in [5, 5.41) is 11.4. The van der Waals surface area contributed by atoms with E-state index in [0.717, 1.165) is 0 Å². The van der Waals surface area contributed by atoms with Crippen molar-refractivity contribution in [3.8, 4) is 11.8 Å². The average molecular weight is 340 g/mol. The molecule has 1 aliphatic rings. The van der Waals surface area contributed by atoms with E-state index in [-0.39, 0.29) is 12.8 Å². The molecule has 0 heterocycles. The van der Waals surface area contributed by atoms with Crippen molar-refractivity contribution in [2.24, 2.45) is 5.92 Å². The van der Waals surface area contributed by atoms with Gasteiger partial charge >= 0.3 is 6.18 Å². The highest BCUT2D eigenvalue weighted by molar-refractivity contribution is 5.81. The lowest BCUT2D eigenvalue weighted by molar-refractivity contribution is -0.184. The number of nitrogens with one attached hydrogen (secondary N) is 1. The first-order valence-electron chi connectivity index (χ1n) is 7.83. The van der Waals surface area contributed by atoms with Gasteiger partial charge in [0.2, 0.25) is 0 Å². The summed E-state index contributed by atoms with van der Waals surface area (Å²) in [6, 6.07) is 7.77. The monoisotopic (exact) mass is 340 g/mol. The molecule has 0 spiro atoms. The number of benzene rings is 1. The summed E-state index contributed by atoms with van der Waals surface area (Å²) in [5.41, 5.74) is 0.472. The highest BCUT2D eigenvalue weighted by Gasteiger charge is 2.42. The molecule has 1 aromatic rings. The van der Waals surface area contributed by atoms with E-state index in [1.165, 1.54) is 6.92 Å². The zero-order valence-electron chi connectivity index (χ0n) is 13.3. The minimum absolute atomic E-state index is 0.0845. The predicted octanol–water partition coefficient (Wildman–Crippen LogP) is 3.56. The molecule has 1 aliphatic carbocycles. The molecule has 1 fully saturated rings. The molecule has 0 aromatic heterocycles. The van der Waals surface area contributed by atoms with E-state index in [2.05, 4.69) is 5.32 Å². The van der Waals surface area contributed by atoms with Gasteiger partial charge in [0.1, 0.15) is 5.75 Å². The van der Waals surface area contributed by atoms with Crippen LogP contribution in [0.15, 0.2) is 24.3 Å². The highest BCUT2D eigenvalue weighted by Crippen LogP contribution is 2.37. The molecule has 7 heteroatoms. The van der Waals surface area contributed by atoms with Crippen molar-refractivity contribution >= 4 is 5.91 Å². The van der Waals surface area contributed by atoms with Crippen LogP contribution >= 0.6 is 0 Å². The number of hydrogen-bond acceptors (Lipinski definition) is 3. The van der Waals surface area contributed by atoms with Gasteiger partial charge in [0.25, 0.3) is 5.91 Å². The van der Waals surface area contributed by atoms with E-state index < -0.39 is 30.1 Å². The van der Waals surface area contributed by atoms with E-state index in [0.29, 0.717) is 24.2 Å². The normalized spacial score (nSPS) is 22.3. The topological polar surface area (TPSA) is 62.1 Å². The molecular weight excluding hydrogens is 321 g/mol. The van der Waals surface area contributed by atoms with Gasteiger partial charge in [-0.05, 0) is 50.5 Å². The Kier molecular flexibility index (Phi) is 5.71. The lowest BCUT2D eigenvalue weighted by atomic mass is 9.85. The molecule has 1 aromatic carbocycles. The van der Waals surface area contributed by atoms with Gasteiger partial charge in [0.05, 0.1) is 17.6 Å². The second-order valence-electron chi connectivity index (χ2n) is 6.01. The molecule has 1 saturated carbocycles. The molecule has 3 atom stereocenters. The summed E-state index contributed by atoms with van der Waals surface area (Å²) in [7, 11) is 0. The number of nitrogens with zero attached hydrogens (tertiary/aromatic N) is 1. The maximum atomic E-state index is 12.8. The number of alkyl halides is 3. The van der Waals surface area contributed by atoms with Crippen molar-refractivity contribution in [3.63, 3.8) is 0 Å². The fourth-order valence-electron chi connectivity index (χ4n) is 2.80. The van der Waals surface area contributed by atoms with Crippen LogP contribution in [0.4, 0.5) is 13.2 Å².